The number of sulfonamides is 1. The third-order valence-corrected chi connectivity index (χ3v) is 7.10. The molecule has 3 rings (SSSR count). The molecule has 1 aliphatic rings. The lowest BCUT2D eigenvalue weighted by atomic mass is 10.1. The van der Waals surface area contributed by atoms with Crippen LogP contribution in [0.1, 0.15) is 28.4 Å². The summed E-state index contributed by atoms with van der Waals surface area (Å²) in [7, 11) is -3.59. The Labute approximate surface area is 191 Å². The number of carbonyl (C=O) groups excluding carboxylic acids is 3. The maximum absolute atomic E-state index is 12.6. The first-order valence-corrected chi connectivity index (χ1v) is 12.2. The van der Waals surface area contributed by atoms with Crippen LogP contribution in [0.3, 0.4) is 0 Å². The normalized spacial score (nSPS) is 15.4. The van der Waals surface area contributed by atoms with Gasteiger partial charge in [0.05, 0.1) is 9.80 Å². The number of nitrogens with one attached hydrogen (secondary N) is 2. The van der Waals surface area contributed by atoms with Gasteiger partial charge in [-0.25, -0.2) is 13.1 Å². The Kier molecular flexibility index (Phi) is 7.49. The lowest BCUT2D eigenvalue weighted by molar-refractivity contribution is -0.122. The van der Waals surface area contributed by atoms with Crippen LogP contribution in [0.15, 0.2) is 58.3 Å². The summed E-state index contributed by atoms with van der Waals surface area (Å²) >= 11 is 0.867. The highest BCUT2D eigenvalue weighted by Gasteiger charge is 2.34. The number of nitrogens with zero attached hydrogens (tertiary/aromatic N) is 1. The van der Waals surface area contributed by atoms with Crippen molar-refractivity contribution >= 4 is 44.9 Å². The van der Waals surface area contributed by atoms with E-state index in [1.807, 2.05) is 31.2 Å². The molecule has 32 heavy (non-hydrogen) atoms. The fraction of sp³-hybridized carbons (Fsp3) is 0.227. The molecular formula is C22H23N3O5S2. The number of benzene rings is 2. The SMILES string of the molecule is CCNS(=O)(=O)c1ccc(C(=O)NCCN2C(=O)S/C(=C\c3ccc(C)cc3)C2=O)cc1. The summed E-state index contributed by atoms with van der Waals surface area (Å²) in [4.78, 5) is 38.6. The number of carbonyl (C=O) groups is 3. The van der Waals surface area contributed by atoms with Crippen LogP contribution in [0.2, 0.25) is 0 Å². The minimum atomic E-state index is -3.59. The first kappa shape index (κ1) is 23.7. The molecule has 2 aromatic rings. The number of hydrogen-bond acceptors (Lipinski definition) is 6. The van der Waals surface area contributed by atoms with Gasteiger partial charge in [0.25, 0.3) is 17.1 Å². The van der Waals surface area contributed by atoms with Crippen molar-refractivity contribution in [2.24, 2.45) is 0 Å². The topological polar surface area (TPSA) is 113 Å². The lowest BCUT2D eigenvalue weighted by Crippen LogP contribution is -2.37. The monoisotopic (exact) mass is 473 g/mol. The maximum Gasteiger partial charge on any atom is 0.293 e. The second-order valence-corrected chi connectivity index (χ2v) is 9.79. The summed E-state index contributed by atoms with van der Waals surface area (Å²) in [5.41, 5.74) is 2.20. The molecular weight excluding hydrogens is 450 g/mol. The van der Waals surface area contributed by atoms with E-state index in [-0.39, 0.29) is 35.3 Å². The number of thioether (sulfide) groups is 1. The molecule has 0 atom stereocenters. The van der Waals surface area contributed by atoms with Gasteiger partial charge >= 0.3 is 0 Å². The second kappa shape index (κ2) is 10.1. The summed E-state index contributed by atoms with van der Waals surface area (Å²) in [6, 6.07) is 13.1. The van der Waals surface area contributed by atoms with E-state index in [0.717, 1.165) is 27.8 Å². The van der Waals surface area contributed by atoms with Crippen molar-refractivity contribution in [1.29, 1.82) is 0 Å². The second-order valence-electron chi connectivity index (χ2n) is 7.03. The standard InChI is InChI=1S/C22H23N3O5S2/c1-3-24-32(29,30)18-10-8-17(9-11-18)20(26)23-12-13-25-21(27)19(31-22(25)28)14-16-6-4-15(2)5-7-16/h4-11,14,24H,3,12-13H2,1-2H3,(H,23,26)/b19-14-. The fourth-order valence-corrected chi connectivity index (χ4v) is 4.86. The summed E-state index contributed by atoms with van der Waals surface area (Å²) in [6.07, 6.45) is 1.67. The Balaban J connectivity index is 1.56. The van der Waals surface area contributed by atoms with Crippen LogP contribution in [0, 0.1) is 6.92 Å². The van der Waals surface area contributed by atoms with Crippen LogP contribution in [-0.2, 0) is 14.8 Å². The van der Waals surface area contributed by atoms with Gasteiger partial charge in [-0.2, -0.15) is 0 Å². The zero-order valence-electron chi connectivity index (χ0n) is 17.6. The highest BCUT2D eigenvalue weighted by atomic mass is 32.2. The van der Waals surface area contributed by atoms with Crippen LogP contribution >= 0.6 is 11.8 Å². The van der Waals surface area contributed by atoms with E-state index < -0.39 is 21.8 Å². The Bertz CT molecular complexity index is 1160. The lowest BCUT2D eigenvalue weighted by Gasteiger charge is -2.13. The van der Waals surface area contributed by atoms with Crippen molar-refractivity contribution in [3.05, 3.63) is 70.1 Å². The number of aryl methyl sites for hydroxylation is 1. The molecule has 8 nitrogen and oxygen atoms in total. The van der Waals surface area contributed by atoms with E-state index >= 15 is 0 Å². The van der Waals surface area contributed by atoms with Gasteiger partial charge < -0.3 is 5.32 Å². The molecule has 1 saturated heterocycles. The molecule has 0 saturated carbocycles. The minimum absolute atomic E-state index is 0.0362. The highest BCUT2D eigenvalue weighted by molar-refractivity contribution is 8.18. The molecule has 10 heteroatoms. The largest absolute Gasteiger partial charge is 0.350 e. The molecule has 0 unspecified atom stereocenters. The van der Waals surface area contributed by atoms with Gasteiger partial charge in [-0.1, -0.05) is 36.8 Å². The van der Waals surface area contributed by atoms with Gasteiger partial charge in [0.2, 0.25) is 10.0 Å². The van der Waals surface area contributed by atoms with Gasteiger partial charge in [-0.05, 0) is 54.6 Å². The molecule has 3 amide bonds. The predicted octanol–water partition coefficient (Wildman–Crippen LogP) is 2.76. The van der Waals surface area contributed by atoms with Gasteiger partial charge in [0.15, 0.2) is 0 Å². The van der Waals surface area contributed by atoms with E-state index in [0.29, 0.717) is 4.91 Å². The molecule has 0 spiro atoms. The van der Waals surface area contributed by atoms with Gasteiger partial charge in [0, 0.05) is 25.2 Å². The van der Waals surface area contributed by atoms with E-state index in [9.17, 15) is 22.8 Å². The van der Waals surface area contributed by atoms with Crippen LogP contribution in [0.25, 0.3) is 6.08 Å². The summed E-state index contributed by atoms with van der Waals surface area (Å²) in [5, 5.41) is 2.25. The van der Waals surface area contributed by atoms with Crippen LogP contribution in [-0.4, -0.2) is 50.0 Å². The van der Waals surface area contributed by atoms with Crippen LogP contribution < -0.4 is 10.0 Å². The fourth-order valence-electron chi connectivity index (χ4n) is 2.95. The third-order valence-electron chi connectivity index (χ3n) is 4.63. The highest BCUT2D eigenvalue weighted by Crippen LogP contribution is 2.31. The molecule has 2 aromatic carbocycles. The quantitative estimate of drug-likeness (QED) is 0.570. The predicted molar refractivity (Wildman–Crippen MR) is 123 cm³/mol. The first-order valence-electron chi connectivity index (χ1n) is 9.91. The number of rotatable bonds is 8. The first-order chi connectivity index (χ1) is 15.2. The summed E-state index contributed by atoms with van der Waals surface area (Å²) in [5.74, 6) is -0.827. The van der Waals surface area contributed by atoms with E-state index in [2.05, 4.69) is 10.0 Å². The van der Waals surface area contributed by atoms with Crippen molar-refractivity contribution in [2.45, 2.75) is 18.7 Å². The average Bonchev–Trinajstić information content (AvgIpc) is 3.02. The van der Waals surface area contributed by atoms with E-state index in [1.54, 1.807) is 13.0 Å². The molecule has 1 aliphatic heterocycles. The number of amides is 3. The summed E-state index contributed by atoms with van der Waals surface area (Å²) < 4.78 is 26.3. The zero-order chi connectivity index (χ0) is 23.3. The third kappa shape index (κ3) is 5.64. The molecule has 0 radical (unpaired) electrons. The molecule has 2 N–H and O–H groups in total. The number of hydrogen-bond donors (Lipinski definition) is 2. The van der Waals surface area contributed by atoms with Gasteiger partial charge in [-0.3, -0.25) is 19.3 Å². The Morgan fingerprint density at radius 3 is 2.34 bits per heavy atom. The average molecular weight is 474 g/mol. The minimum Gasteiger partial charge on any atom is -0.350 e. The molecule has 1 fully saturated rings. The Hall–Kier alpha value is -2.95. The van der Waals surface area contributed by atoms with Crippen molar-refractivity contribution < 1.29 is 22.8 Å². The molecule has 0 aliphatic carbocycles. The van der Waals surface area contributed by atoms with Crippen molar-refractivity contribution in [3.63, 3.8) is 0 Å². The molecule has 1 heterocycles. The van der Waals surface area contributed by atoms with Gasteiger partial charge in [-0.15, -0.1) is 0 Å². The van der Waals surface area contributed by atoms with Crippen molar-refractivity contribution in [1.82, 2.24) is 14.9 Å². The van der Waals surface area contributed by atoms with Crippen LogP contribution in [0.4, 0.5) is 4.79 Å². The van der Waals surface area contributed by atoms with Crippen molar-refractivity contribution in [3.8, 4) is 0 Å². The molecule has 0 aromatic heterocycles. The smallest absolute Gasteiger partial charge is 0.293 e. The molecule has 0 bridgehead atoms. The van der Waals surface area contributed by atoms with E-state index in [4.69, 9.17) is 0 Å². The van der Waals surface area contributed by atoms with E-state index in [1.165, 1.54) is 24.3 Å². The maximum atomic E-state index is 12.6. The van der Waals surface area contributed by atoms with Crippen molar-refractivity contribution in [2.75, 3.05) is 19.6 Å². The molecule has 168 valence electrons. The zero-order valence-corrected chi connectivity index (χ0v) is 19.3. The Morgan fingerprint density at radius 1 is 1.06 bits per heavy atom. The number of imide groups is 1. The van der Waals surface area contributed by atoms with Gasteiger partial charge in [0.1, 0.15) is 0 Å². The Morgan fingerprint density at radius 2 is 1.72 bits per heavy atom. The summed E-state index contributed by atoms with van der Waals surface area (Å²) in [6.45, 7) is 4.01. The van der Waals surface area contributed by atoms with Crippen LogP contribution in [0.5, 0.6) is 0 Å².